The molecule has 3 rings (SSSR count). The van der Waals surface area contributed by atoms with Crippen LogP contribution in [0.15, 0.2) is 41.3 Å². The number of sulfonamides is 1. The molecule has 1 N–H and O–H groups in total. The number of likely N-dealkylation sites (N-methyl/N-ethyl adjacent to an activating group) is 1. The fourth-order valence-electron chi connectivity index (χ4n) is 3.49. The molecule has 2 aromatic carbocycles. The first-order valence-electron chi connectivity index (χ1n) is 8.72. The van der Waals surface area contributed by atoms with Crippen LogP contribution in [0.1, 0.15) is 22.6 Å². The van der Waals surface area contributed by atoms with Crippen molar-refractivity contribution in [1.29, 1.82) is 0 Å². The van der Waals surface area contributed by atoms with E-state index in [1.807, 2.05) is 18.9 Å². The fourth-order valence-corrected chi connectivity index (χ4v) is 5.82. The van der Waals surface area contributed by atoms with E-state index in [-0.39, 0.29) is 10.8 Å². The van der Waals surface area contributed by atoms with Gasteiger partial charge in [-0.1, -0.05) is 0 Å². The van der Waals surface area contributed by atoms with Crippen molar-refractivity contribution in [2.45, 2.75) is 17.4 Å². The van der Waals surface area contributed by atoms with E-state index in [4.69, 9.17) is 28.3 Å². The number of halogens is 2. The summed E-state index contributed by atoms with van der Waals surface area (Å²) in [6.45, 7) is 0.365. The Bertz CT molecular complexity index is 1220. The minimum atomic E-state index is -4.26. The molecule has 30 heavy (non-hydrogen) atoms. The summed E-state index contributed by atoms with van der Waals surface area (Å²) in [4.78, 5) is 13.0. The average Bonchev–Trinajstić information content (AvgIpc) is 2.67. The van der Waals surface area contributed by atoms with Crippen molar-refractivity contribution in [3.05, 3.63) is 63.1 Å². The van der Waals surface area contributed by atoms with Crippen molar-refractivity contribution in [3.63, 3.8) is 0 Å². The van der Waals surface area contributed by atoms with E-state index < -0.39 is 30.5 Å². The number of hydrogen-bond donors (Lipinski definition) is 1. The summed E-state index contributed by atoms with van der Waals surface area (Å²) < 4.78 is 37.1. The number of carbonyl (C=O) groups is 1. The normalized spacial score (nSPS) is 16.7. The van der Waals surface area contributed by atoms with Crippen molar-refractivity contribution >= 4 is 47.1 Å². The Kier molecular flexibility index (Phi) is 7.10. The number of fused-ring (bicyclic) bond motifs is 1. The zero-order valence-corrected chi connectivity index (χ0v) is 19.0. The Balaban J connectivity index is 2.09. The monoisotopic (exact) mass is 486 g/mol. The van der Waals surface area contributed by atoms with Crippen LogP contribution in [-0.4, -0.2) is 48.8 Å². The summed E-state index contributed by atoms with van der Waals surface area (Å²) in [6, 6.07) is 9.72. The Morgan fingerprint density at radius 3 is 2.73 bits per heavy atom. The third-order valence-electron chi connectivity index (χ3n) is 4.77. The summed E-state index contributed by atoms with van der Waals surface area (Å²) in [6.07, 6.45) is 0. The van der Waals surface area contributed by atoms with Crippen molar-refractivity contribution in [1.82, 2.24) is 9.21 Å². The summed E-state index contributed by atoms with van der Waals surface area (Å²) in [7, 11) is -3.06. The van der Waals surface area contributed by atoms with E-state index in [0.29, 0.717) is 33.0 Å². The van der Waals surface area contributed by atoms with E-state index in [0.717, 1.165) is 11.1 Å². The minimum absolute atomic E-state index is 0.125. The molecule has 11 heteroatoms. The van der Waals surface area contributed by atoms with E-state index in [1.165, 1.54) is 12.1 Å². The van der Waals surface area contributed by atoms with Gasteiger partial charge in [0.15, 0.2) is 0 Å². The molecule has 7 nitrogen and oxygen atoms in total. The Morgan fingerprint density at radius 2 is 2.07 bits per heavy atom. The van der Waals surface area contributed by atoms with Crippen molar-refractivity contribution in [2.24, 2.45) is 0 Å². The molecule has 0 saturated heterocycles. The van der Waals surface area contributed by atoms with Gasteiger partial charge in [-0.2, -0.15) is 0 Å². The van der Waals surface area contributed by atoms with Crippen LogP contribution in [0.2, 0.25) is 10.0 Å². The number of nitrogens with zero attached hydrogens (tertiary/aromatic N) is 2. The number of carboxylic acid groups (broad SMARTS) is 1. The maximum atomic E-state index is 12.9. The predicted molar refractivity (Wildman–Crippen MR) is 114 cm³/mol. The van der Waals surface area contributed by atoms with Gasteiger partial charge in [-0.3, -0.25) is 0 Å². The molecule has 0 fully saturated rings. The average molecular weight is 487 g/mol. The number of rotatable bonds is 5. The molecule has 0 aliphatic carbocycles. The van der Waals surface area contributed by atoms with Gasteiger partial charge in [-0.25, -0.2) is 0 Å². The first-order chi connectivity index (χ1) is 14.1. The molecule has 1 unspecified atom stereocenters. The number of benzene rings is 2. The summed E-state index contributed by atoms with van der Waals surface area (Å²) in [5, 5.41) is 10.0. The van der Waals surface area contributed by atoms with Crippen molar-refractivity contribution < 1.29 is 22.9 Å². The molecule has 0 amide bonds. The van der Waals surface area contributed by atoms with E-state index in [9.17, 15) is 17.8 Å². The van der Waals surface area contributed by atoms with Gasteiger partial charge in [-0.15, -0.1) is 0 Å². The topological polar surface area (TPSA) is 95.0 Å². The SMILES string of the molecule is CN1Cc2c(Cl)cc(Cl)cc2C(c2cccc(S(=O)(=O)N(C#P=O)CC(=O)O)c2)C1. The standard InChI is InChI=1S/C19H17Cl2N2O5PS/c1-22-8-16(15-6-13(20)7-18(21)17(15)9-22)12-3-2-4-14(5-12)30(27,28)23(11-29-26)10-19(24)25/h2-7,16H,8-10H2,1H3,(H,24,25). The van der Waals surface area contributed by atoms with Crippen LogP contribution >= 0.6 is 31.1 Å². The van der Waals surface area contributed by atoms with Crippen LogP contribution in [0, 0.1) is 5.75 Å². The zero-order valence-electron chi connectivity index (χ0n) is 15.7. The van der Waals surface area contributed by atoms with Gasteiger partial charge >= 0.3 is 186 Å². The first kappa shape index (κ1) is 23.0. The molecule has 158 valence electrons. The number of carboxylic acids is 1. The van der Waals surface area contributed by atoms with Crippen LogP contribution in [0.3, 0.4) is 0 Å². The third kappa shape index (κ3) is 4.82. The molecule has 1 heterocycles. The van der Waals surface area contributed by atoms with E-state index >= 15 is 0 Å². The van der Waals surface area contributed by atoms with Gasteiger partial charge < -0.3 is 0 Å². The van der Waals surface area contributed by atoms with Crippen molar-refractivity contribution in [2.75, 3.05) is 20.1 Å². The molecule has 0 bridgehead atoms. The Morgan fingerprint density at radius 1 is 1.33 bits per heavy atom. The second-order valence-corrected chi connectivity index (χ2v) is 9.96. The summed E-state index contributed by atoms with van der Waals surface area (Å²) in [5.41, 5.74) is 2.54. The van der Waals surface area contributed by atoms with Crippen molar-refractivity contribution in [3.8, 4) is 5.75 Å². The quantitative estimate of drug-likeness (QED) is 0.509. The van der Waals surface area contributed by atoms with Gasteiger partial charge in [0.05, 0.1) is 0 Å². The Labute approximate surface area is 185 Å². The number of aliphatic carboxylic acids is 1. The van der Waals surface area contributed by atoms with Gasteiger partial charge in [-0.05, 0) is 0 Å². The molecular weight excluding hydrogens is 470 g/mol. The van der Waals surface area contributed by atoms with Crippen LogP contribution in [0.5, 0.6) is 0 Å². The molecule has 0 saturated carbocycles. The summed E-state index contributed by atoms with van der Waals surface area (Å²) in [5.74, 6) is 0.446. The molecule has 0 spiro atoms. The third-order valence-corrected chi connectivity index (χ3v) is 7.44. The molecule has 1 aliphatic rings. The molecule has 2 aromatic rings. The zero-order chi connectivity index (χ0) is 22.1. The fraction of sp³-hybridized carbons (Fsp3) is 0.263. The maximum absolute atomic E-state index is 12.9. The summed E-state index contributed by atoms with van der Waals surface area (Å²) >= 11 is 12.6. The molecular formula is C19H17Cl2N2O5PS. The predicted octanol–water partition coefficient (Wildman–Crippen LogP) is 3.85. The van der Waals surface area contributed by atoms with E-state index in [1.54, 1.807) is 18.2 Å². The van der Waals surface area contributed by atoms with Crippen LogP contribution in [0.4, 0.5) is 0 Å². The van der Waals surface area contributed by atoms with E-state index in [2.05, 4.69) is 4.90 Å². The van der Waals surface area contributed by atoms with Crippen LogP contribution < -0.4 is 0 Å². The van der Waals surface area contributed by atoms with Gasteiger partial charge in [0, 0.05) is 0 Å². The van der Waals surface area contributed by atoms with Crippen LogP contribution in [0.25, 0.3) is 0 Å². The molecule has 0 aromatic heterocycles. The second kappa shape index (κ2) is 9.25. The Hall–Kier alpha value is -1.63. The molecule has 1 aliphatic heterocycles. The van der Waals surface area contributed by atoms with Gasteiger partial charge in [0.1, 0.15) is 0 Å². The molecule has 0 radical (unpaired) electrons. The van der Waals surface area contributed by atoms with Crippen LogP contribution in [-0.2, 0) is 25.9 Å². The number of hydrogen-bond acceptors (Lipinski definition) is 5. The first-order valence-corrected chi connectivity index (χ1v) is 11.7. The van der Waals surface area contributed by atoms with Gasteiger partial charge in [0.2, 0.25) is 0 Å². The molecule has 1 atom stereocenters. The van der Waals surface area contributed by atoms with Gasteiger partial charge in [0.25, 0.3) is 0 Å². The second-order valence-electron chi connectivity index (χ2n) is 6.87.